The summed E-state index contributed by atoms with van der Waals surface area (Å²) < 4.78 is 10.2. The predicted octanol–water partition coefficient (Wildman–Crippen LogP) is 2.90. The number of ether oxygens (including phenoxy) is 1. The van der Waals surface area contributed by atoms with Crippen molar-refractivity contribution in [3.63, 3.8) is 0 Å². The van der Waals surface area contributed by atoms with Crippen LogP contribution < -0.4 is 5.32 Å². The van der Waals surface area contributed by atoms with Crippen LogP contribution in [0.4, 0.5) is 0 Å². The molecule has 1 heterocycles. The minimum Gasteiger partial charge on any atom is -0.465 e. The van der Waals surface area contributed by atoms with E-state index in [1.165, 1.54) is 7.11 Å². The number of rotatable bonds is 6. The highest BCUT2D eigenvalue weighted by Gasteiger charge is 2.16. The van der Waals surface area contributed by atoms with E-state index in [1.807, 2.05) is 0 Å². The Labute approximate surface area is 109 Å². The zero-order valence-corrected chi connectivity index (χ0v) is 11.9. The Bertz CT molecular complexity index is 396. The molecule has 0 saturated carbocycles. The molecule has 0 amide bonds. The molecule has 0 aliphatic carbocycles. The molecule has 102 valence electrons. The molecule has 0 aliphatic rings. The van der Waals surface area contributed by atoms with E-state index in [0.29, 0.717) is 29.8 Å². The van der Waals surface area contributed by atoms with Gasteiger partial charge in [-0.15, -0.1) is 0 Å². The second kappa shape index (κ2) is 6.59. The van der Waals surface area contributed by atoms with E-state index >= 15 is 0 Å². The second-order valence-corrected chi connectivity index (χ2v) is 4.81. The van der Waals surface area contributed by atoms with E-state index in [1.54, 1.807) is 13.0 Å². The molecule has 4 heteroatoms. The van der Waals surface area contributed by atoms with Crippen LogP contribution in [0.3, 0.4) is 0 Å². The van der Waals surface area contributed by atoms with Gasteiger partial charge in [-0.3, -0.25) is 0 Å². The third kappa shape index (κ3) is 3.60. The third-order valence-corrected chi connectivity index (χ3v) is 3.16. The maximum Gasteiger partial charge on any atom is 0.341 e. The summed E-state index contributed by atoms with van der Waals surface area (Å²) in [6.45, 7) is 8.94. The predicted molar refractivity (Wildman–Crippen MR) is 70.5 cm³/mol. The Kier molecular flexibility index (Phi) is 5.41. The fraction of sp³-hybridized carbons (Fsp3) is 0.643. The van der Waals surface area contributed by atoms with E-state index in [9.17, 15) is 4.79 Å². The van der Waals surface area contributed by atoms with E-state index in [-0.39, 0.29) is 5.97 Å². The molecule has 0 aliphatic heterocycles. The van der Waals surface area contributed by atoms with Crippen LogP contribution in [0.2, 0.25) is 0 Å². The molecule has 1 aromatic heterocycles. The zero-order chi connectivity index (χ0) is 13.7. The fourth-order valence-corrected chi connectivity index (χ4v) is 2.03. The molecular weight excluding hydrogens is 230 g/mol. The van der Waals surface area contributed by atoms with Gasteiger partial charge < -0.3 is 14.5 Å². The number of esters is 1. The van der Waals surface area contributed by atoms with Gasteiger partial charge in [-0.2, -0.15) is 0 Å². The van der Waals surface area contributed by atoms with E-state index in [2.05, 4.69) is 26.1 Å². The molecule has 1 rings (SSSR count). The first-order valence-corrected chi connectivity index (χ1v) is 6.40. The molecule has 0 radical (unpaired) electrons. The summed E-state index contributed by atoms with van der Waals surface area (Å²) in [7, 11) is 1.37. The van der Waals surface area contributed by atoms with Crippen molar-refractivity contribution in [2.24, 2.45) is 5.92 Å². The molecule has 1 N–H and O–H groups in total. The molecule has 0 aromatic carbocycles. The lowest BCUT2D eigenvalue weighted by Gasteiger charge is -2.19. The van der Waals surface area contributed by atoms with Crippen LogP contribution in [0.15, 0.2) is 10.5 Å². The Morgan fingerprint density at radius 3 is 2.67 bits per heavy atom. The summed E-state index contributed by atoms with van der Waals surface area (Å²) in [4.78, 5) is 11.4. The minimum atomic E-state index is -0.349. The molecule has 1 unspecified atom stereocenters. The van der Waals surface area contributed by atoms with Gasteiger partial charge in [-0.25, -0.2) is 4.79 Å². The Balaban J connectivity index is 2.66. The lowest BCUT2D eigenvalue weighted by atomic mass is 10.0. The first kappa shape index (κ1) is 14.8. The number of carbonyl (C=O) groups excluding carboxylic acids is 1. The van der Waals surface area contributed by atoms with Crippen LogP contribution in [0.25, 0.3) is 0 Å². The monoisotopic (exact) mass is 253 g/mol. The number of furan rings is 1. The number of nitrogens with one attached hydrogen (secondary N) is 1. The maximum absolute atomic E-state index is 11.4. The van der Waals surface area contributed by atoms with Crippen LogP contribution in [0.5, 0.6) is 0 Å². The average molecular weight is 253 g/mol. The van der Waals surface area contributed by atoms with Gasteiger partial charge in [0.15, 0.2) is 0 Å². The molecular formula is C14H23NO3. The highest BCUT2D eigenvalue weighted by Crippen LogP contribution is 2.16. The van der Waals surface area contributed by atoms with Crippen molar-refractivity contribution in [2.75, 3.05) is 7.11 Å². The standard InChI is InChI=1S/C14H23NO3/c1-6-13(9(2)3)15-8-11-7-12(10(4)18-11)14(16)17-5/h7,9,13,15H,6,8H2,1-5H3. The smallest absolute Gasteiger partial charge is 0.341 e. The molecule has 4 nitrogen and oxygen atoms in total. The lowest BCUT2D eigenvalue weighted by molar-refractivity contribution is 0.0599. The molecule has 0 bridgehead atoms. The summed E-state index contributed by atoms with van der Waals surface area (Å²) >= 11 is 0. The molecule has 1 atom stereocenters. The van der Waals surface area contributed by atoms with Crippen LogP contribution in [-0.2, 0) is 11.3 Å². The molecule has 18 heavy (non-hydrogen) atoms. The van der Waals surface area contributed by atoms with Crippen LogP contribution in [0.1, 0.15) is 49.1 Å². The van der Waals surface area contributed by atoms with Crippen LogP contribution >= 0.6 is 0 Å². The van der Waals surface area contributed by atoms with Crippen molar-refractivity contribution in [3.05, 3.63) is 23.2 Å². The third-order valence-electron chi connectivity index (χ3n) is 3.16. The Morgan fingerprint density at radius 1 is 1.50 bits per heavy atom. The average Bonchev–Trinajstić information content (AvgIpc) is 2.70. The van der Waals surface area contributed by atoms with Crippen LogP contribution in [0, 0.1) is 12.8 Å². The van der Waals surface area contributed by atoms with Crippen molar-refractivity contribution in [1.82, 2.24) is 5.32 Å². The zero-order valence-electron chi connectivity index (χ0n) is 11.9. The number of carbonyl (C=O) groups is 1. The van der Waals surface area contributed by atoms with E-state index in [4.69, 9.17) is 9.15 Å². The highest BCUT2D eigenvalue weighted by atomic mass is 16.5. The van der Waals surface area contributed by atoms with Gasteiger partial charge in [0.1, 0.15) is 17.1 Å². The lowest BCUT2D eigenvalue weighted by Crippen LogP contribution is -2.32. The Morgan fingerprint density at radius 2 is 2.17 bits per heavy atom. The van der Waals surface area contributed by atoms with Crippen molar-refractivity contribution in [2.45, 2.75) is 46.7 Å². The van der Waals surface area contributed by atoms with Crippen molar-refractivity contribution in [3.8, 4) is 0 Å². The minimum absolute atomic E-state index is 0.349. The van der Waals surface area contributed by atoms with Gasteiger partial charge in [-0.1, -0.05) is 20.8 Å². The summed E-state index contributed by atoms with van der Waals surface area (Å²) in [5.41, 5.74) is 0.506. The van der Waals surface area contributed by atoms with Gasteiger partial charge in [0, 0.05) is 6.04 Å². The second-order valence-electron chi connectivity index (χ2n) is 4.81. The highest BCUT2D eigenvalue weighted by molar-refractivity contribution is 5.90. The SMILES string of the molecule is CCC(NCc1cc(C(=O)OC)c(C)o1)C(C)C. The first-order valence-electron chi connectivity index (χ1n) is 6.40. The van der Waals surface area contributed by atoms with Crippen molar-refractivity contribution in [1.29, 1.82) is 0 Å². The molecule has 0 saturated heterocycles. The van der Waals surface area contributed by atoms with Crippen molar-refractivity contribution < 1.29 is 13.9 Å². The topological polar surface area (TPSA) is 51.5 Å². The number of hydrogen-bond donors (Lipinski definition) is 1. The van der Waals surface area contributed by atoms with E-state index in [0.717, 1.165) is 12.2 Å². The molecule has 0 spiro atoms. The number of hydrogen-bond acceptors (Lipinski definition) is 4. The number of methoxy groups -OCH3 is 1. The normalized spacial score (nSPS) is 12.8. The van der Waals surface area contributed by atoms with Gasteiger partial charge in [0.05, 0.1) is 13.7 Å². The largest absolute Gasteiger partial charge is 0.465 e. The Hall–Kier alpha value is -1.29. The van der Waals surface area contributed by atoms with E-state index < -0.39 is 0 Å². The maximum atomic E-state index is 11.4. The van der Waals surface area contributed by atoms with Gasteiger partial charge >= 0.3 is 5.97 Å². The fourth-order valence-electron chi connectivity index (χ4n) is 2.03. The summed E-state index contributed by atoms with van der Waals surface area (Å²) in [5.74, 6) is 1.60. The van der Waals surface area contributed by atoms with Gasteiger partial charge in [0.2, 0.25) is 0 Å². The molecule has 0 fully saturated rings. The first-order chi connectivity index (χ1) is 8.49. The summed E-state index contributed by atoms with van der Waals surface area (Å²) in [6, 6.07) is 2.21. The van der Waals surface area contributed by atoms with Gasteiger partial charge in [-0.05, 0) is 25.3 Å². The summed E-state index contributed by atoms with van der Waals surface area (Å²) in [6.07, 6.45) is 1.07. The molecule has 1 aromatic rings. The quantitative estimate of drug-likeness (QED) is 0.792. The van der Waals surface area contributed by atoms with Crippen LogP contribution in [-0.4, -0.2) is 19.1 Å². The van der Waals surface area contributed by atoms with Gasteiger partial charge in [0.25, 0.3) is 0 Å². The van der Waals surface area contributed by atoms with Crippen molar-refractivity contribution >= 4 is 5.97 Å². The summed E-state index contributed by atoms with van der Waals surface area (Å²) in [5, 5.41) is 3.44. The number of aryl methyl sites for hydroxylation is 1.